The van der Waals surface area contributed by atoms with Crippen LogP contribution in [-0.4, -0.2) is 16.1 Å². The van der Waals surface area contributed by atoms with Crippen molar-refractivity contribution in [2.45, 2.75) is 0 Å². The summed E-state index contributed by atoms with van der Waals surface area (Å²) in [5, 5.41) is 8.94. The van der Waals surface area contributed by atoms with Gasteiger partial charge in [0, 0.05) is 17.3 Å². The van der Waals surface area contributed by atoms with Crippen molar-refractivity contribution < 1.29 is 14.3 Å². The van der Waals surface area contributed by atoms with Gasteiger partial charge in [-0.2, -0.15) is 0 Å². The Morgan fingerprint density at radius 3 is 2.17 bits per heavy atom. The van der Waals surface area contributed by atoms with Crippen molar-refractivity contribution in [2.75, 3.05) is 5.73 Å². The van der Waals surface area contributed by atoms with Crippen molar-refractivity contribution in [1.82, 2.24) is 4.98 Å². The zero-order valence-electron chi connectivity index (χ0n) is 12.0. The maximum Gasteiger partial charge on any atom is 0.335 e. The van der Waals surface area contributed by atoms with E-state index in [-0.39, 0.29) is 11.4 Å². The van der Waals surface area contributed by atoms with Crippen LogP contribution in [0.2, 0.25) is 0 Å². The lowest BCUT2D eigenvalue weighted by atomic mass is 10.0. The standard InChI is InChI=1S/C18H13FN2O2/c19-15-7-5-12(6-8-15)16-9-14(10-21-17(16)20)11-1-3-13(4-2-11)18(22)23/h1-10H,(H2,20,21)(H,22,23). The fourth-order valence-corrected chi connectivity index (χ4v) is 2.30. The number of pyridine rings is 1. The number of anilines is 1. The van der Waals surface area contributed by atoms with Crippen molar-refractivity contribution in [3.8, 4) is 22.3 Å². The predicted molar refractivity (Wildman–Crippen MR) is 86.4 cm³/mol. The molecule has 0 unspecified atom stereocenters. The number of aromatic carboxylic acids is 1. The first-order valence-electron chi connectivity index (χ1n) is 6.90. The Kier molecular flexibility index (Phi) is 3.76. The molecule has 5 heteroatoms. The molecule has 114 valence electrons. The molecule has 1 heterocycles. The van der Waals surface area contributed by atoms with Gasteiger partial charge < -0.3 is 10.8 Å². The molecule has 1 aromatic heterocycles. The minimum atomic E-state index is -0.973. The fourth-order valence-electron chi connectivity index (χ4n) is 2.30. The maximum absolute atomic E-state index is 13.1. The molecule has 3 N–H and O–H groups in total. The van der Waals surface area contributed by atoms with Crippen molar-refractivity contribution >= 4 is 11.8 Å². The molecular weight excluding hydrogens is 295 g/mol. The molecule has 0 radical (unpaired) electrons. The van der Waals surface area contributed by atoms with Crippen LogP contribution in [0.5, 0.6) is 0 Å². The number of nitrogens with zero attached hydrogens (tertiary/aromatic N) is 1. The molecule has 2 aromatic carbocycles. The summed E-state index contributed by atoms with van der Waals surface area (Å²) in [4.78, 5) is 15.1. The predicted octanol–water partition coefficient (Wildman–Crippen LogP) is 3.84. The molecule has 0 aliphatic rings. The smallest absolute Gasteiger partial charge is 0.335 e. The Hall–Kier alpha value is -3.21. The van der Waals surface area contributed by atoms with Gasteiger partial charge in [0.15, 0.2) is 0 Å². The molecule has 0 aliphatic carbocycles. The van der Waals surface area contributed by atoms with Gasteiger partial charge in [-0.25, -0.2) is 14.2 Å². The van der Waals surface area contributed by atoms with Crippen LogP contribution in [0.1, 0.15) is 10.4 Å². The van der Waals surface area contributed by atoms with E-state index in [2.05, 4.69) is 4.98 Å². The Morgan fingerprint density at radius 2 is 1.57 bits per heavy atom. The summed E-state index contributed by atoms with van der Waals surface area (Å²) in [7, 11) is 0. The van der Waals surface area contributed by atoms with Gasteiger partial charge in [-0.05, 0) is 41.5 Å². The highest BCUT2D eigenvalue weighted by molar-refractivity contribution is 5.88. The minimum Gasteiger partial charge on any atom is -0.478 e. The van der Waals surface area contributed by atoms with Crippen LogP contribution in [0.3, 0.4) is 0 Å². The second kappa shape index (κ2) is 5.88. The summed E-state index contributed by atoms with van der Waals surface area (Å²) in [5.41, 5.74) is 9.23. The van der Waals surface area contributed by atoms with E-state index >= 15 is 0 Å². The molecule has 0 aliphatic heterocycles. The van der Waals surface area contributed by atoms with Crippen LogP contribution in [-0.2, 0) is 0 Å². The Bertz CT molecular complexity index is 859. The average Bonchev–Trinajstić information content (AvgIpc) is 2.56. The van der Waals surface area contributed by atoms with Crippen molar-refractivity contribution in [2.24, 2.45) is 0 Å². The number of carboxylic acids is 1. The Labute approximate surface area is 132 Å². The molecule has 0 spiro atoms. The number of halogens is 1. The molecule has 4 nitrogen and oxygen atoms in total. The zero-order valence-corrected chi connectivity index (χ0v) is 12.0. The lowest BCUT2D eigenvalue weighted by Gasteiger charge is -2.09. The van der Waals surface area contributed by atoms with Gasteiger partial charge >= 0.3 is 5.97 Å². The summed E-state index contributed by atoms with van der Waals surface area (Å²) in [6.45, 7) is 0. The highest BCUT2D eigenvalue weighted by atomic mass is 19.1. The lowest BCUT2D eigenvalue weighted by Crippen LogP contribution is -1.96. The number of benzene rings is 2. The van der Waals surface area contributed by atoms with Gasteiger partial charge in [0.2, 0.25) is 0 Å². The molecule has 23 heavy (non-hydrogen) atoms. The number of nitrogens with two attached hydrogens (primary N) is 1. The van der Waals surface area contributed by atoms with E-state index in [0.29, 0.717) is 11.4 Å². The van der Waals surface area contributed by atoms with Crippen LogP contribution >= 0.6 is 0 Å². The molecule has 0 amide bonds. The molecule has 3 rings (SSSR count). The highest BCUT2D eigenvalue weighted by Crippen LogP contribution is 2.29. The molecule has 0 saturated heterocycles. The molecule has 0 saturated carbocycles. The summed E-state index contributed by atoms with van der Waals surface area (Å²) in [6, 6.07) is 14.4. The highest BCUT2D eigenvalue weighted by Gasteiger charge is 2.08. The lowest BCUT2D eigenvalue weighted by molar-refractivity contribution is 0.0697. The molecule has 3 aromatic rings. The van der Waals surface area contributed by atoms with E-state index in [4.69, 9.17) is 10.8 Å². The van der Waals surface area contributed by atoms with Crippen LogP contribution in [0, 0.1) is 5.82 Å². The van der Waals surface area contributed by atoms with Crippen molar-refractivity contribution in [3.05, 3.63) is 72.2 Å². The van der Waals surface area contributed by atoms with Gasteiger partial charge in [0.1, 0.15) is 11.6 Å². The maximum atomic E-state index is 13.1. The number of rotatable bonds is 3. The van der Waals surface area contributed by atoms with Gasteiger partial charge in [-0.15, -0.1) is 0 Å². The van der Waals surface area contributed by atoms with E-state index < -0.39 is 5.97 Å². The van der Waals surface area contributed by atoms with Gasteiger partial charge in [-0.1, -0.05) is 24.3 Å². The zero-order chi connectivity index (χ0) is 16.4. The van der Waals surface area contributed by atoms with Crippen LogP contribution in [0.4, 0.5) is 10.2 Å². The SMILES string of the molecule is Nc1ncc(-c2ccc(C(=O)O)cc2)cc1-c1ccc(F)cc1. The first-order valence-corrected chi connectivity index (χ1v) is 6.90. The Morgan fingerprint density at radius 1 is 0.957 bits per heavy atom. The van der Waals surface area contributed by atoms with Crippen molar-refractivity contribution in [1.29, 1.82) is 0 Å². The van der Waals surface area contributed by atoms with Crippen molar-refractivity contribution in [3.63, 3.8) is 0 Å². The second-order valence-corrected chi connectivity index (χ2v) is 5.05. The van der Waals surface area contributed by atoms with Gasteiger partial charge in [0.05, 0.1) is 5.56 Å². The number of aromatic nitrogens is 1. The molecular formula is C18H13FN2O2. The quantitative estimate of drug-likeness (QED) is 0.771. The average molecular weight is 308 g/mol. The van der Waals surface area contributed by atoms with E-state index in [1.165, 1.54) is 24.3 Å². The number of carboxylic acid groups (broad SMARTS) is 1. The summed E-state index contributed by atoms with van der Waals surface area (Å²) < 4.78 is 13.1. The number of nitrogen functional groups attached to an aromatic ring is 1. The van der Waals surface area contributed by atoms with E-state index in [0.717, 1.165) is 16.7 Å². The first kappa shape index (κ1) is 14.7. The van der Waals surface area contributed by atoms with Crippen LogP contribution in [0.25, 0.3) is 22.3 Å². The third-order valence-electron chi connectivity index (χ3n) is 3.54. The van der Waals surface area contributed by atoms with Crippen LogP contribution < -0.4 is 5.73 Å². The summed E-state index contributed by atoms with van der Waals surface area (Å²) >= 11 is 0. The normalized spacial score (nSPS) is 10.5. The summed E-state index contributed by atoms with van der Waals surface area (Å²) in [5.74, 6) is -0.942. The number of hydrogen-bond acceptors (Lipinski definition) is 3. The molecule has 0 bridgehead atoms. The van der Waals surface area contributed by atoms with Gasteiger partial charge in [-0.3, -0.25) is 0 Å². The number of carbonyl (C=O) groups is 1. The molecule has 0 fully saturated rings. The van der Waals surface area contributed by atoms with Crippen LogP contribution in [0.15, 0.2) is 60.8 Å². The second-order valence-electron chi connectivity index (χ2n) is 5.05. The largest absolute Gasteiger partial charge is 0.478 e. The van der Waals surface area contributed by atoms with E-state index in [9.17, 15) is 9.18 Å². The third-order valence-corrected chi connectivity index (χ3v) is 3.54. The first-order chi connectivity index (χ1) is 11.0. The minimum absolute atomic E-state index is 0.218. The summed E-state index contributed by atoms with van der Waals surface area (Å²) in [6.07, 6.45) is 1.62. The topological polar surface area (TPSA) is 76.2 Å². The van der Waals surface area contributed by atoms with E-state index in [1.807, 2.05) is 6.07 Å². The Balaban J connectivity index is 2.03. The van der Waals surface area contributed by atoms with Gasteiger partial charge in [0.25, 0.3) is 0 Å². The monoisotopic (exact) mass is 308 g/mol. The number of hydrogen-bond donors (Lipinski definition) is 2. The fraction of sp³-hybridized carbons (Fsp3) is 0. The van der Waals surface area contributed by atoms with E-state index in [1.54, 1.807) is 30.5 Å². The molecule has 0 atom stereocenters. The third kappa shape index (κ3) is 3.03.